The van der Waals surface area contributed by atoms with Gasteiger partial charge in [0.05, 0.1) is 0 Å². The second-order valence-electron chi connectivity index (χ2n) is 1.84. The van der Waals surface area contributed by atoms with Crippen LogP contribution in [0.25, 0.3) is 0 Å². The van der Waals surface area contributed by atoms with Crippen LogP contribution in [0, 0.1) is 0 Å². The van der Waals surface area contributed by atoms with Crippen LogP contribution in [-0.2, 0) is 0 Å². The molecule has 1 atom stereocenters. The van der Waals surface area contributed by atoms with Crippen LogP contribution in [0.15, 0.2) is 0 Å². The number of hydrogen-bond donors (Lipinski definition) is 0. The van der Waals surface area contributed by atoms with Gasteiger partial charge in [0.2, 0.25) is 0 Å². The summed E-state index contributed by atoms with van der Waals surface area (Å²) in [5.41, 5.74) is 0.865. The molecule has 0 aromatic carbocycles. The SMILES string of the molecule is CCCCCPCCl. The summed E-state index contributed by atoms with van der Waals surface area (Å²) in [7, 11) is 0.990. The summed E-state index contributed by atoms with van der Waals surface area (Å²) >= 11 is 5.49. The first kappa shape index (κ1) is 8.72. The van der Waals surface area contributed by atoms with Gasteiger partial charge in [-0.3, -0.25) is 0 Å². The van der Waals surface area contributed by atoms with E-state index in [1.54, 1.807) is 0 Å². The Morgan fingerprint density at radius 3 is 2.62 bits per heavy atom. The van der Waals surface area contributed by atoms with Crippen molar-refractivity contribution >= 4 is 20.2 Å². The molecular formula is C6H14ClP. The van der Waals surface area contributed by atoms with E-state index >= 15 is 0 Å². The third kappa shape index (κ3) is 6.72. The zero-order valence-electron chi connectivity index (χ0n) is 5.41. The first-order valence-corrected chi connectivity index (χ1v) is 5.13. The zero-order valence-corrected chi connectivity index (χ0v) is 7.17. The smallest absolute Gasteiger partial charge is 0.0395 e. The molecule has 0 rings (SSSR count). The van der Waals surface area contributed by atoms with Gasteiger partial charge in [0.25, 0.3) is 0 Å². The van der Waals surface area contributed by atoms with Crippen molar-refractivity contribution in [1.29, 1.82) is 0 Å². The molecule has 0 bridgehead atoms. The van der Waals surface area contributed by atoms with Crippen molar-refractivity contribution in [3.05, 3.63) is 0 Å². The normalized spacial score (nSPS) is 11.2. The molecule has 0 N–H and O–H groups in total. The van der Waals surface area contributed by atoms with Crippen molar-refractivity contribution in [2.24, 2.45) is 0 Å². The summed E-state index contributed by atoms with van der Waals surface area (Å²) in [5.74, 6) is 0. The minimum absolute atomic E-state index is 0.865. The quantitative estimate of drug-likeness (QED) is 0.323. The molecule has 0 radical (unpaired) electrons. The van der Waals surface area contributed by atoms with Crippen LogP contribution in [0.1, 0.15) is 26.2 Å². The average molecular weight is 153 g/mol. The molecule has 0 aliphatic rings. The molecule has 0 nitrogen and oxygen atoms in total. The van der Waals surface area contributed by atoms with Crippen LogP contribution in [0.5, 0.6) is 0 Å². The van der Waals surface area contributed by atoms with Gasteiger partial charge in [-0.05, 0) is 12.6 Å². The summed E-state index contributed by atoms with van der Waals surface area (Å²) in [5, 5.41) is 0. The first-order valence-electron chi connectivity index (χ1n) is 3.18. The summed E-state index contributed by atoms with van der Waals surface area (Å²) < 4.78 is 0. The highest BCUT2D eigenvalue weighted by Crippen LogP contribution is 2.13. The number of rotatable bonds is 5. The van der Waals surface area contributed by atoms with Gasteiger partial charge in [-0.25, -0.2) is 0 Å². The Morgan fingerprint density at radius 2 is 2.12 bits per heavy atom. The lowest BCUT2D eigenvalue weighted by Gasteiger charge is -1.93. The van der Waals surface area contributed by atoms with E-state index in [-0.39, 0.29) is 0 Å². The van der Waals surface area contributed by atoms with Crippen LogP contribution in [0.4, 0.5) is 0 Å². The van der Waals surface area contributed by atoms with Crippen LogP contribution in [0.2, 0.25) is 0 Å². The molecule has 0 spiro atoms. The number of hydrogen-bond acceptors (Lipinski definition) is 0. The summed E-state index contributed by atoms with van der Waals surface area (Å²) in [6, 6.07) is 0. The minimum atomic E-state index is 0.865. The molecule has 0 aromatic rings. The van der Waals surface area contributed by atoms with Gasteiger partial charge >= 0.3 is 0 Å². The van der Waals surface area contributed by atoms with Crippen LogP contribution in [0.3, 0.4) is 0 Å². The number of alkyl halides is 1. The molecule has 8 heavy (non-hydrogen) atoms. The van der Waals surface area contributed by atoms with Crippen molar-refractivity contribution in [1.82, 2.24) is 0 Å². The summed E-state index contributed by atoms with van der Waals surface area (Å²) in [4.78, 5) is 0. The molecule has 0 amide bonds. The van der Waals surface area contributed by atoms with Crippen molar-refractivity contribution in [2.45, 2.75) is 26.2 Å². The van der Waals surface area contributed by atoms with Crippen molar-refractivity contribution < 1.29 is 0 Å². The van der Waals surface area contributed by atoms with Gasteiger partial charge in [0.15, 0.2) is 0 Å². The molecule has 2 heteroatoms. The Hall–Kier alpha value is 0.720. The largest absolute Gasteiger partial charge is 0.122 e. The zero-order chi connectivity index (χ0) is 6.24. The van der Waals surface area contributed by atoms with E-state index in [1.165, 1.54) is 25.4 Å². The molecule has 0 aliphatic heterocycles. The molecule has 0 aliphatic carbocycles. The summed E-state index contributed by atoms with van der Waals surface area (Å²) in [6.45, 7) is 2.23. The topological polar surface area (TPSA) is 0 Å². The predicted octanol–water partition coefficient (Wildman–Crippen LogP) is 3.05. The highest BCUT2D eigenvalue weighted by molar-refractivity contribution is 7.40. The van der Waals surface area contributed by atoms with Crippen LogP contribution < -0.4 is 0 Å². The standard InChI is InChI=1S/C6H14ClP/c1-2-3-4-5-8-6-7/h8H,2-6H2,1H3. The van der Waals surface area contributed by atoms with Gasteiger partial charge in [-0.1, -0.05) is 19.8 Å². The van der Waals surface area contributed by atoms with Gasteiger partial charge in [-0.15, -0.1) is 20.2 Å². The number of unbranched alkanes of at least 4 members (excludes halogenated alkanes) is 2. The monoisotopic (exact) mass is 152 g/mol. The second-order valence-corrected chi connectivity index (χ2v) is 3.91. The van der Waals surface area contributed by atoms with E-state index in [1.807, 2.05) is 0 Å². The molecule has 0 heterocycles. The number of halogens is 1. The van der Waals surface area contributed by atoms with E-state index in [4.69, 9.17) is 11.6 Å². The fourth-order valence-electron chi connectivity index (χ4n) is 0.567. The fourth-order valence-corrected chi connectivity index (χ4v) is 1.60. The molecule has 1 unspecified atom stereocenters. The lowest BCUT2D eigenvalue weighted by atomic mass is 10.3. The third-order valence-electron chi connectivity index (χ3n) is 1.05. The molecule has 0 saturated carbocycles. The van der Waals surface area contributed by atoms with Crippen molar-refractivity contribution in [3.8, 4) is 0 Å². The second kappa shape index (κ2) is 7.72. The average Bonchev–Trinajstić information content (AvgIpc) is 1.81. The lowest BCUT2D eigenvalue weighted by molar-refractivity contribution is 0.777. The lowest BCUT2D eigenvalue weighted by Crippen LogP contribution is -1.75. The Kier molecular flexibility index (Phi) is 8.41. The van der Waals surface area contributed by atoms with Crippen molar-refractivity contribution in [3.63, 3.8) is 0 Å². The predicted molar refractivity (Wildman–Crippen MR) is 43.4 cm³/mol. The van der Waals surface area contributed by atoms with Gasteiger partial charge in [0.1, 0.15) is 0 Å². The highest BCUT2D eigenvalue weighted by Gasteiger charge is 1.83. The molecule has 0 aromatic heterocycles. The molecule has 50 valence electrons. The van der Waals surface area contributed by atoms with E-state index in [9.17, 15) is 0 Å². The molecular weight excluding hydrogens is 138 g/mol. The van der Waals surface area contributed by atoms with E-state index in [0.717, 1.165) is 14.2 Å². The Bertz CT molecular complexity index is 33.5. The van der Waals surface area contributed by atoms with Gasteiger partial charge in [-0.2, -0.15) is 0 Å². The first-order chi connectivity index (χ1) is 3.91. The van der Waals surface area contributed by atoms with Crippen LogP contribution in [-0.4, -0.2) is 11.8 Å². The Morgan fingerprint density at radius 1 is 1.38 bits per heavy atom. The van der Waals surface area contributed by atoms with Crippen LogP contribution >= 0.6 is 20.2 Å². The molecule has 0 fully saturated rings. The van der Waals surface area contributed by atoms with E-state index in [0.29, 0.717) is 0 Å². The van der Waals surface area contributed by atoms with E-state index < -0.39 is 0 Å². The fraction of sp³-hybridized carbons (Fsp3) is 1.00. The highest BCUT2D eigenvalue weighted by atomic mass is 35.5. The molecule has 0 saturated heterocycles. The van der Waals surface area contributed by atoms with Gasteiger partial charge in [0, 0.05) is 5.62 Å². The summed E-state index contributed by atoms with van der Waals surface area (Å²) in [6.07, 6.45) is 5.43. The maximum absolute atomic E-state index is 5.49. The Labute approximate surface area is 58.8 Å². The van der Waals surface area contributed by atoms with Crippen molar-refractivity contribution in [2.75, 3.05) is 11.8 Å². The minimum Gasteiger partial charge on any atom is -0.122 e. The van der Waals surface area contributed by atoms with Gasteiger partial charge < -0.3 is 0 Å². The third-order valence-corrected chi connectivity index (χ3v) is 2.51. The maximum atomic E-state index is 5.49. The van der Waals surface area contributed by atoms with E-state index in [2.05, 4.69) is 6.92 Å². The maximum Gasteiger partial charge on any atom is 0.0395 e. The Balaban J connectivity index is 2.53.